The lowest BCUT2D eigenvalue weighted by molar-refractivity contribution is -0.116. The summed E-state index contributed by atoms with van der Waals surface area (Å²) in [5.74, 6) is -0.0970. The van der Waals surface area contributed by atoms with Crippen LogP contribution in [-0.4, -0.2) is 11.8 Å². The molecule has 0 atom stereocenters. The van der Waals surface area contributed by atoms with Gasteiger partial charge < -0.3 is 16.0 Å². The number of amides is 2. The van der Waals surface area contributed by atoms with Crippen LogP contribution in [-0.2, 0) is 16.0 Å². The Balaban J connectivity index is 1.50. The molecule has 0 radical (unpaired) electrons. The summed E-state index contributed by atoms with van der Waals surface area (Å²) < 4.78 is 0. The van der Waals surface area contributed by atoms with Crippen molar-refractivity contribution in [2.24, 2.45) is 0 Å². The van der Waals surface area contributed by atoms with E-state index >= 15 is 0 Å². The second-order valence-corrected chi connectivity index (χ2v) is 6.49. The summed E-state index contributed by atoms with van der Waals surface area (Å²) in [6.07, 6.45) is 1.17. The van der Waals surface area contributed by atoms with Crippen molar-refractivity contribution in [3.63, 3.8) is 0 Å². The van der Waals surface area contributed by atoms with Gasteiger partial charge in [-0.3, -0.25) is 9.59 Å². The first kappa shape index (κ1) is 19.2. The van der Waals surface area contributed by atoms with E-state index in [1.54, 1.807) is 0 Å². The van der Waals surface area contributed by atoms with Gasteiger partial charge in [-0.15, -0.1) is 0 Å². The average molecular weight is 373 g/mol. The van der Waals surface area contributed by atoms with Gasteiger partial charge in [-0.2, -0.15) is 0 Å². The highest BCUT2D eigenvalue weighted by atomic mass is 16.2. The van der Waals surface area contributed by atoms with Gasteiger partial charge in [0.25, 0.3) is 0 Å². The Morgan fingerprint density at radius 1 is 0.679 bits per heavy atom. The fourth-order valence-corrected chi connectivity index (χ4v) is 2.77. The summed E-state index contributed by atoms with van der Waals surface area (Å²) in [5.41, 5.74) is 4.50. The van der Waals surface area contributed by atoms with Crippen molar-refractivity contribution in [2.45, 2.75) is 19.8 Å². The van der Waals surface area contributed by atoms with Gasteiger partial charge in [0, 0.05) is 36.1 Å². The van der Waals surface area contributed by atoms with Crippen LogP contribution >= 0.6 is 0 Å². The van der Waals surface area contributed by atoms with E-state index < -0.39 is 0 Å². The number of carbonyl (C=O) groups excluding carboxylic acids is 2. The number of hydrogen-bond acceptors (Lipinski definition) is 3. The minimum absolute atomic E-state index is 0.00174. The number of aryl methyl sites for hydroxylation is 1. The van der Waals surface area contributed by atoms with Crippen molar-refractivity contribution in [2.75, 3.05) is 16.0 Å². The van der Waals surface area contributed by atoms with Crippen LogP contribution in [0.15, 0.2) is 78.9 Å². The highest BCUT2D eigenvalue weighted by Gasteiger charge is 2.04. The van der Waals surface area contributed by atoms with E-state index in [0.717, 1.165) is 34.7 Å². The van der Waals surface area contributed by atoms with Crippen molar-refractivity contribution in [3.05, 3.63) is 84.4 Å². The Kier molecular flexibility index (Phi) is 6.41. The number of rotatable bonds is 7. The largest absolute Gasteiger partial charge is 0.356 e. The molecule has 3 aromatic carbocycles. The number of anilines is 4. The molecule has 3 rings (SSSR count). The maximum atomic E-state index is 12.1. The van der Waals surface area contributed by atoms with Crippen molar-refractivity contribution >= 4 is 34.6 Å². The molecule has 0 saturated carbocycles. The van der Waals surface area contributed by atoms with Crippen LogP contribution in [0.5, 0.6) is 0 Å². The smallest absolute Gasteiger partial charge is 0.224 e. The molecule has 3 aromatic rings. The molecule has 0 unspecified atom stereocenters. The van der Waals surface area contributed by atoms with Crippen molar-refractivity contribution in [1.82, 2.24) is 0 Å². The van der Waals surface area contributed by atoms with E-state index in [2.05, 4.69) is 16.0 Å². The van der Waals surface area contributed by atoms with Crippen LogP contribution in [0, 0.1) is 0 Å². The molecule has 0 aliphatic heterocycles. The second kappa shape index (κ2) is 9.37. The van der Waals surface area contributed by atoms with Gasteiger partial charge in [-0.25, -0.2) is 0 Å². The van der Waals surface area contributed by atoms with E-state index in [9.17, 15) is 9.59 Å². The predicted molar refractivity (Wildman–Crippen MR) is 114 cm³/mol. The molecule has 28 heavy (non-hydrogen) atoms. The topological polar surface area (TPSA) is 70.2 Å². The standard InChI is InChI=1S/C23H23N3O2/c1-17(27)24-19-8-10-20(11-9-19)25-21-12-14-22(15-13-21)26-23(28)16-7-18-5-3-2-4-6-18/h2-6,8-15,25H,7,16H2,1H3,(H,24,27)(H,26,28). The predicted octanol–water partition coefficient (Wildman–Crippen LogP) is 4.96. The number of hydrogen-bond donors (Lipinski definition) is 3. The second-order valence-electron chi connectivity index (χ2n) is 6.49. The first-order valence-corrected chi connectivity index (χ1v) is 9.17. The zero-order valence-electron chi connectivity index (χ0n) is 15.7. The number of benzene rings is 3. The van der Waals surface area contributed by atoms with Crippen LogP contribution in [0.2, 0.25) is 0 Å². The molecule has 0 fully saturated rings. The van der Waals surface area contributed by atoms with Crippen LogP contribution < -0.4 is 16.0 Å². The maximum absolute atomic E-state index is 12.1. The summed E-state index contributed by atoms with van der Waals surface area (Å²) in [5, 5.41) is 8.94. The molecule has 0 aliphatic rings. The number of carbonyl (C=O) groups is 2. The average Bonchev–Trinajstić information content (AvgIpc) is 2.70. The summed E-state index contributed by atoms with van der Waals surface area (Å²) in [6, 6.07) is 25.0. The molecule has 0 aliphatic carbocycles. The zero-order valence-corrected chi connectivity index (χ0v) is 15.7. The molecule has 5 nitrogen and oxygen atoms in total. The maximum Gasteiger partial charge on any atom is 0.224 e. The SMILES string of the molecule is CC(=O)Nc1ccc(Nc2ccc(NC(=O)CCc3ccccc3)cc2)cc1. The van der Waals surface area contributed by atoms with E-state index in [1.807, 2.05) is 78.9 Å². The van der Waals surface area contributed by atoms with Gasteiger partial charge in [-0.05, 0) is 60.5 Å². The zero-order chi connectivity index (χ0) is 19.8. The third-order valence-electron chi connectivity index (χ3n) is 4.15. The first-order valence-electron chi connectivity index (χ1n) is 9.17. The molecular weight excluding hydrogens is 350 g/mol. The molecule has 3 N–H and O–H groups in total. The molecule has 2 amide bonds. The van der Waals surface area contributed by atoms with Gasteiger partial charge in [0.1, 0.15) is 0 Å². The van der Waals surface area contributed by atoms with Crippen LogP contribution in [0.3, 0.4) is 0 Å². The summed E-state index contributed by atoms with van der Waals surface area (Å²) in [6.45, 7) is 1.48. The minimum atomic E-state index is -0.0953. The minimum Gasteiger partial charge on any atom is -0.356 e. The lowest BCUT2D eigenvalue weighted by atomic mass is 10.1. The van der Waals surface area contributed by atoms with Gasteiger partial charge in [0.05, 0.1) is 0 Å². The Bertz CT molecular complexity index is 920. The third-order valence-corrected chi connectivity index (χ3v) is 4.15. The summed E-state index contributed by atoms with van der Waals surface area (Å²) in [7, 11) is 0. The molecule has 142 valence electrons. The van der Waals surface area contributed by atoms with E-state index in [0.29, 0.717) is 6.42 Å². The van der Waals surface area contributed by atoms with Crippen molar-refractivity contribution < 1.29 is 9.59 Å². The Morgan fingerprint density at radius 3 is 1.71 bits per heavy atom. The van der Waals surface area contributed by atoms with Gasteiger partial charge in [0.2, 0.25) is 11.8 Å². The monoisotopic (exact) mass is 373 g/mol. The third kappa shape index (κ3) is 5.99. The quantitative estimate of drug-likeness (QED) is 0.548. The Morgan fingerprint density at radius 2 is 1.18 bits per heavy atom. The first-order chi connectivity index (χ1) is 13.6. The van der Waals surface area contributed by atoms with Crippen LogP contribution in [0.25, 0.3) is 0 Å². The van der Waals surface area contributed by atoms with E-state index in [4.69, 9.17) is 0 Å². The van der Waals surface area contributed by atoms with E-state index in [-0.39, 0.29) is 11.8 Å². The Hall–Kier alpha value is -3.60. The normalized spacial score (nSPS) is 10.2. The lowest BCUT2D eigenvalue weighted by Crippen LogP contribution is -2.12. The fraction of sp³-hybridized carbons (Fsp3) is 0.130. The van der Waals surface area contributed by atoms with Gasteiger partial charge >= 0.3 is 0 Å². The van der Waals surface area contributed by atoms with Crippen LogP contribution in [0.4, 0.5) is 22.7 Å². The Labute approximate surface area is 164 Å². The molecule has 0 saturated heterocycles. The molecule has 0 aromatic heterocycles. The van der Waals surface area contributed by atoms with E-state index in [1.165, 1.54) is 6.92 Å². The van der Waals surface area contributed by atoms with Crippen molar-refractivity contribution in [1.29, 1.82) is 0 Å². The molecule has 0 heterocycles. The molecule has 0 spiro atoms. The van der Waals surface area contributed by atoms with Gasteiger partial charge in [0.15, 0.2) is 0 Å². The lowest BCUT2D eigenvalue weighted by Gasteiger charge is -2.10. The molecular formula is C23H23N3O2. The van der Waals surface area contributed by atoms with Crippen molar-refractivity contribution in [3.8, 4) is 0 Å². The highest BCUT2D eigenvalue weighted by Crippen LogP contribution is 2.21. The summed E-state index contributed by atoms with van der Waals surface area (Å²) >= 11 is 0. The summed E-state index contributed by atoms with van der Waals surface area (Å²) in [4.78, 5) is 23.2. The number of nitrogens with one attached hydrogen (secondary N) is 3. The highest BCUT2D eigenvalue weighted by molar-refractivity contribution is 5.91. The fourth-order valence-electron chi connectivity index (χ4n) is 2.77. The molecule has 0 bridgehead atoms. The van der Waals surface area contributed by atoms with Gasteiger partial charge in [-0.1, -0.05) is 30.3 Å². The molecule has 5 heteroatoms. The van der Waals surface area contributed by atoms with Crippen LogP contribution in [0.1, 0.15) is 18.9 Å².